The van der Waals surface area contributed by atoms with E-state index in [1.807, 2.05) is 0 Å². The van der Waals surface area contributed by atoms with E-state index in [0.29, 0.717) is 36.0 Å². The number of carboxylic acids is 1. The summed E-state index contributed by atoms with van der Waals surface area (Å²) in [5.41, 5.74) is -0.271. The minimum absolute atomic E-state index is 0.198. The van der Waals surface area contributed by atoms with Gasteiger partial charge in [-0.3, -0.25) is 9.59 Å². The van der Waals surface area contributed by atoms with Crippen molar-refractivity contribution in [3.63, 3.8) is 0 Å². The van der Waals surface area contributed by atoms with Crippen LogP contribution < -0.4 is 14.8 Å². The SMILES string of the molecule is CC(CC(=O)Nc1cccc2c1OCCO2)(C(=O)O)c1ccccc1. The molecular formula is C19H19NO5. The quantitative estimate of drug-likeness (QED) is 0.873. The van der Waals surface area contributed by atoms with Gasteiger partial charge in [0.2, 0.25) is 5.91 Å². The molecule has 6 nitrogen and oxygen atoms in total. The Morgan fingerprint density at radius 3 is 2.52 bits per heavy atom. The predicted octanol–water partition coefficient (Wildman–Crippen LogP) is 2.83. The van der Waals surface area contributed by atoms with Crippen molar-refractivity contribution < 1.29 is 24.2 Å². The summed E-state index contributed by atoms with van der Waals surface area (Å²) in [6.07, 6.45) is -0.198. The Morgan fingerprint density at radius 2 is 1.80 bits per heavy atom. The Hall–Kier alpha value is -3.02. The van der Waals surface area contributed by atoms with Crippen LogP contribution in [0.15, 0.2) is 48.5 Å². The second kappa shape index (κ2) is 6.84. The zero-order valence-electron chi connectivity index (χ0n) is 13.8. The highest BCUT2D eigenvalue weighted by Crippen LogP contribution is 2.38. The number of anilines is 1. The topological polar surface area (TPSA) is 84.9 Å². The Labute approximate surface area is 145 Å². The third kappa shape index (κ3) is 3.42. The lowest BCUT2D eigenvalue weighted by Crippen LogP contribution is -2.36. The predicted molar refractivity (Wildman–Crippen MR) is 92.1 cm³/mol. The van der Waals surface area contributed by atoms with Gasteiger partial charge in [0.15, 0.2) is 11.5 Å². The molecule has 0 saturated carbocycles. The summed E-state index contributed by atoms with van der Waals surface area (Å²) in [5.74, 6) is -0.424. The lowest BCUT2D eigenvalue weighted by atomic mass is 9.79. The molecule has 0 radical (unpaired) electrons. The van der Waals surface area contributed by atoms with Gasteiger partial charge in [-0.1, -0.05) is 36.4 Å². The van der Waals surface area contributed by atoms with Gasteiger partial charge in [-0.15, -0.1) is 0 Å². The number of carbonyl (C=O) groups is 2. The first-order chi connectivity index (χ1) is 12.0. The second-order valence-electron chi connectivity index (χ2n) is 6.06. The number of carboxylic acid groups (broad SMARTS) is 1. The summed E-state index contributed by atoms with van der Waals surface area (Å²) in [7, 11) is 0. The molecule has 2 aromatic carbocycles. The van der Waals surface area contributed by atoms with Crippen molar-refractivity contribution in [3.8, 4) is 11.5 Å². The molecule has 1 aliphatic heterocycles. The Balaban J connectivity index is 1.81. The van der Waals surface area contributed by atoms with Crippen LogP contribution >= 0.6 is 0 Å². The van der Waals surface area contributed by atoms with Crippen LogP contribution in [0.3, 0.4) is 0 Å². The molecule has 6 heteroatoms. The first-order valence-electron chi connectivity index (χ1n) is 7.98. The number of carbonyl (C=O) groups excluding carboxylic acids is 1. The van der Waals surface area contributed by atoms with Crippen molar-refractivity contribution >= 4 is 17.6 Å². The Morgan fingerprint density at radius 1 is 1.08 bits per heavy atom. The number of para-hydroxylation sites is 1. The maximum atomic E-state index is 12.5. The average molecular weight is 341 g/mol. The molecule has 1 amide bonds. The van der Waals surface area contributed by atoms with Crippen molar-refractivity contribution in [1.29, 1.82) is 0 Å². The fourth-order valence-electron chi connectivity index (χ4n) is 2.79. The molecule has 0 saturated heterocycles. The molecule has 0 fully saturated rings. The number of aliphatic carboxylic acids is 1. The van der Waals surface area contributed by atoms with Crippen LogP contribution in [-0.2, 0) is 15.0 Å². The molecule has 130 valence electrons. The van der Waals surface area contributed by atoms with E-state index < -0.39 is 17.3 Å². The highest BCUT2D eigenvalue weighted by Gasteiger charge is 2.37. The smallest absolute Gasteiger partial charge is 0.314 e. The minimum Gasteiger partial charge on any atom is -0.486 e. The summed E-state index contributed by atoms with van der Waals surface area (Å²) in [4.78, 5) is 24.3. The number of rotatable bonds is 5. The molecule has 1 aliphatic rings. The number of nitrogens with one attached hydrogen (secondary N) is 1. The molecule has 0 bridgehead atoms. The van der Waals surface area contributed by atoms with Gasteiger partial charge in [0.1, 0.15) is 13.2 Å². The third-order valence-electron chi connectivity index (χ3n) is 4.24. The fourth-order valence-corrected chi connectivity index (χ4v) is 2.79. The van der Waals surface area contributed by atoms with Gasteiger partial charge in [-0.05, 0) is 24.6 Å². The molecule has 1 atom stereocenters. The van der Waals surface area contributed by atoms with Crippen molar-refractivity contribution in [2.24, 2.45) is 0 Å². The second-order valence-corrected chi connectivity index (χ2v) is 6.06. The molecule has 2 aromatic rings. The maximum Gasteiger partial charge on any atom is 0.314 e. The van der Waals surface area contributed by atoms with Gasteiger partial charge in [-0.25, -0.2) is 0 Å². The third-order valence-corrected chi connectivity index (χ3v) is 4.24. The van der Waals surface area contributed by atoms with Crippen molar-refractivity contribution in [2.45, 2.75) is 18.8 Å². The number of fused-ring (bicyclic) bond motifs is 1. The molecule has 1 heterocycles. The van der Waals surface area contributed by atoms with Crippen molar-refractivity contribution in [2.75, 3.05) is 18.5 Å². The first-order valence-corrected chi connectivity index (χ1v) is 7.98. The zero-order valence-corrected chi connectivity index (χ0v) is 13.8. The van der Waals surface area contributed by atoms with Gasteiger partial charge in [-0.2, -0.15) is 0 Å². The highest BCUT2D eigenvalue weighted by molar-refractivity contribution is 5.97. The maximum absolute atomic E-state index is 12.5. The summed E-state index contributed by atoms with van der Waals surface area (Å²) in [6, 6.07) is 13.9. The Bertz CT molecular complexity index is 790. The minimum atomic E-state index is -1.32. The van der Waals surface area contributed by atoms with Gasteiger partial charge in [0, 0.05) is 6.42 Å². The average Bonchev–Trinajstić information content (AvgIpc) is 2.62. The van der Waals surface area contributed by atoms with E-state index in [1.165, 1.54) is 0 Å². The van der Waals surface area contributed by atoms with Crippen molar-refractivity contribution in [1.82, 2.24) is 0 Å². The molecule has 1 unspecified atom stereocenters. The van der Waals surface area contributed by atoms with E-state index in [0.717, 1.165) is 0 Å². The monoisotopic (exact) mass is 341 g/mol. The molecular weight excluding hydrogens is 322 g/mol. The number of benzene rings is 2. The van der Waals surface area contributed by atoms with E-state index >= 15 is 0 Å². The summed E-state index contributed by atoms with van der Waals surface area (Å²) < 4.78 is 11.0. The summed E-state index contributed by atoms with van der Waals surface area (Å²) >= 11 is 0. The molecule has 25 heavy (non-hydrogen) atoms. The zero-order chi connectivity index (χ0) is 17.9. The number of amides is 1. The van der Waals surface area contributed by atoms with Gasteiger partial charge >= 0.3 is 5.97 Å². The van der Waals surface area contributed by atoms with E-state index in [-0.39, 0.29) is 6.42 Å². The van der Waals surface area contributed by atoms with Crippen LogP contribution in [-0.4, -0.2) is 30.2 Å². The summed E-state index contributed by atoms with van der Waals surface area (Å²) in [6.45, 7) is 2.40. The number of hydrogen-bond acceptors (Lipinski definition) is 4. The summed E-state index contributed by atoms with van der Waals surface area (Å²) in [5, 5.41) is 12.4. The van der Waals surface area contributed by atoms with E-state index in [9.17, 15) is 14.7 Å². The largest absolute Gasteiger partial charge is 0.486 e. The fraction of sp³-hybridized carbons (Fsp3) is 0.263. The normalized spacial score (nSPS) is 15.1. The highest BCUT2D eigenvalue weighted by atomic mass is 16.6. The molecule has 0 aliphatic carbocycles. The number of hydrogen-bond donors (Lipinski definition) is 2. The van der Waals surface area contributed by atoms with Crippen LogP contribution in [0.2, 0.25) is 0 Å². The van der Waals surface area contributed by atoms with Crippen molar-refractivity contribution in [3.05, 3.63) is 54.1 Å². The first kappa shape index (κ1) is 16.8. The molecule has 3 rings (SSSR count). The van der Waals surface area contributed by atoms with Crippen LogP contribution in [0.25, 0.3) is 0 Å². The number of ether oxygens (including phenoxy) is 2. The Kier molecular flexibility index (Phi) is 4.61. The molecule has 0 spiro atoms. The van der Waals surface area contributed by atoms with Crippen LogP contribution in [0, 0.1) is 0 Å². The van der Waals surface area contributed by atoms with E-state index in [1.54, 1.807) is 55.5 Å². The van der Waals surface area contributed by atoms with Gasteiger partial charge in [0.25, 0.3) is 0 Å². The molecule has 2 N–H and O–H groups in total. The molecule has 0 aromatic heterocycles. The van der Waals surface area contributed by atoms with Gasteiger partial charge < -0.3 is 19.9 Å². The van der Waals surface area contributed by atoms with Crippen LogP contribution in [0.4, 0.5) is 5.69 Å². The lowest BCUT2D eigenvalue weighted by Gasteiger charge is -2.25. The van der Waals surface area contributed by atoms with Gasteiger partial charge in [0.05, 0.1) is 11.1 Å². The van der Waals surface area contributed by atoms with Crippen LogP contribution in [0.1, 0.15) is 18.9 Å². The lowest BCUT2D eigenvalue weighted by molar-refractivity contribution is -0.145. The van der Waals surface area contributed by atoms with Crippen LogP contribution in [0.5, 0.6) is 11.5 Å². The van der Waals surface area contributed by atoms with E-state index in [2.05, 4.69) is 5.32 Å². The standard InChI is InChI=1S/C19H19NO5/c1-19(18(22)23,13-6-3-2-4-7-13)12-16(21)20-14-8-5-9-15-17(14)25-11-10-24-15/h2-9H,10-12H2,1H3,(H,20,21)(H,22,23). The van der Waals surface area contributed by atoms with E-state index in [4.69, 9.17) is 9.47 Å².